The van der Waals surface area contributed by atoms with E-state index in [9.17, 15) is 0 Å². The first-order chi connectivity index (χ1) is 20.5. The Morgan fingerprint density at radius 2 is 1.56 bits per heavy atom. The second-order valence-electron chi connectivity index (χ2n) is 11.3. The standard InChI is InChI=1S/C17H20N3S.C16H20N3S.CH4O.B.Na.H/c1-11-8-13(20(4)5)10-16-17(11)18-14-7-6-12(19(2)3)9-15(14)21-16;1-18(2)11-5-7-13-15(9-11)20-16-10-12(19(3)4)6-8-14(16)17-13;1-2;;;/h6-10H,1-5H3;5-9,17H,10H2,1-4H3;2H,1H3;;;/q2*+1;;;+1;-1. The van der Waals surface area contributed by atoms with Crippen LogP contribution in [0.4, 0.5) is 17.1 Å². The quantitative estimate of drug-likeness (QED) is 0.197. The summed E-state index contributed by atoms with van der Waals surface area (Å²) in [6, 6.07) is 17.4. The maximum absolute atomic E-state index is 7.00. The van der Waals surface area contributed by atoms with Gasteiger partial charge in [0.05, 0.1) is 32.9 Å². The van der Waals surface area contributed by atoms with E-state index in [4.69, 9.17) is 10.1 Å². The molecule has 4 aliphatic rings. The maximum atomic E-state index is 7.00. The predicted octanol–water partition coefficient (Wildman–Crippen LogP) is 2.31. The molecule has 6 rings (SSSR count). The molecule has 2 N–H and O–H groups in total. The van der Waals surface area contributed by atoms with Gasteiger partial charge in [-0.3, -0.25) is 0 Å². The first kappa shape index (κ1) is 38.6. The minimum atomic E-state index is 0. The predicted molar refractivity (Wildman–Crippen MR) is 196 cm³/mol. The van der Waals surface area contributed by atoms with E-state index in [-0.39, 0.29) is 39.4 Å². The van der Waals surface area contributed by atoms with Crippen LogP contribution >= 0.6 is 23.1 Å². The van der Waals surface area contributed by atoms with Crippen molar-refractivity contribution in [3.05, 3.63) is 82.2 Å². The number of thioether (sulfide) groups is 1. The Morgan fingerprint density at radius 3 is 2.18 bits per heavy atom. The number of aromatic nitrogens is 1. The van der Waals surface area contributed by atoms with E-state index in [1.54, 1.807) is 0 Å². The number of aryl methyl sites for hydroxylation is 1. The molecule has 0 bridgehead atoms. The first-order valence-corrected chi connectivity index (χ1v) is 15.8. The van der Waals surface area contributed by atoms with Gasteiger partial charge < -0.3 is 21.6 Å². The summed E-state index contributed by atoms with van der Waals surface area (Å²) >= 11 is 3.70. The topological polar surface area (TPSA) is 57.7 Å². The third-order valence-corrected chi connectivity index (χ3v) is 9.57. The Hall–Kier alpha value is -2.60. The summed E-state index contributed by atoms with van der Waals surface area (Å²) in [6.45, 7) is 2.13. The number of rotatable bonds is 2. The van der Waals surface area contributed by atoms with Crippen LogP contribution in [0.15, 0.2) is 76.2 Å². The van der Waals surface area contributed by atoms with E-state index in [0.29, 0.717) is 0 Å². The molecule has 0 saturated carbocycles. The van der Waals surface area contributed by atoms with E-state index < -0.39 is 0 Å². The number of anilines is 3. The summed E-state index contributed by atoms with van der Waals surface area (Å²) in [5.74, 6) is 0. The van der Waals surface area contributed by atoms with Gasteiger partial charge in [-0.25, -0.2) is 14.1 Å². The van der Waals surface area contributed by atoms with Crippen LogP contribution in [0.25, 0.3) is 20.8 Å². The number of aliphatic hydroxyl groups excluding tert-OH is 1. The van der Waals surface area contributed by atoms with Gasteiger partial charge in [0.2, 0.25) is 5.36 Å². The fourth-order valence-corrected chi connectivity index (χ4v) is 7.00. The van der Waals surface area contributed by atoms with Gasteiger partial charge >= 0.3 is 29.6 Å². The monoisotopic (exact) mass is 651 g/mol. The summed E-state index contributed by atoms with van der Waals surface area (Å²) in [5.41, 5.74) is 9.67. The molecule has 0 atom stereocenters. The Kier molecular flexibility index (Phi) is 14.4. The van der Waals surface area contributed by atoms with Crippen molar-refractivity contribution >= 4 is 64.5 Å². The molecule has 0 unspecified atom stereocenters. The van der Waals surface area contributed by atoms with Crippen molar-refractivity contribution in [3.8, 4) is 10.6 Å². The zero-order chi connectivity index (χ0) is 31.4. The first-order valence-electron chi connectivity index (χ1n) is 14.2. The van der Waals surface area contributed by atoms with Crippen LogP contribution in [-0.4, -0.2) is 92.3 Å². The molecule has 0 saturated heterocycles. The van der Waals surface area contributed by atoms with Crippen LogP contribution in [0, 0.1) is 6.92 Å². The van der Waals surface area contributed by atoms with Crippen LogP contribution < -0.4 is 54.6 Å². The Balaban J connectivity index is 0.000000411. The molecule has 2 aliphatic carbocycles. The maximum Gasteiger partial charge on any atom is 1.00 e. The molecule has 0 fully saturated rings. The van der Waals surface area contributed by atoms with E-state index in [1.807, 2.05) is 23.1 Å². The van der Waals surface area contributed by atoms with Crippen LogP contribution in [0.5, 0.6) is 0 Å². The molecular weight excluding hydrogens is 606 g/mol. The fraction of sp³-hybridized carbons (Fsp3) is 0.324. The van der Waals surface area contributed by atoms with Gasteiger partial charge in [-0.15, -0.1) is 11.3 Å². The molecule has 2 aromatic carbocycles. The molecule has 0 spiro atoms. The van der Waals surface area contributed by atoms with Crippen molar-refractivity contribution in [2.24, 2.45) is 0 Å². The zero-order valence-electron chi connectivity index (χ0n) is 29.6. The molecule has 231 valence electrons. The second kappa shape index (κ2) is 16.8. The number of aliphatic hydroxyl groups is 1. The number of nitrogens with zero attached hydrogens (tertiary/aromatic N) is 5. The summed E-state index contributed by atoms with van der Waals surface area (Å²) in [6.07, 6.45) is 5.39. The second-order valence-corrected chi connectivity index (χ2v) is 13.5. The van der Waals surface area contributed by atoms with Gasteiger partial charge in [-0.2, -0.15) is 0 Å². The number of fused-ring (bicyclic) bond motifs is 3. The number of hydrogen-bond donors (Lipinski definition) is 2. The van der Waals surface area contributed by atoms with Crippen LogP contribution in [-0.2, 0) is 0 Å². The zero-order valence-corrected chi connectivity index (χ0v) is 32.2. The fourth-order valence-electron chi connectivity index (χ4n) is 4.76. The molecule has 11 heteroatoms. The van der Waals surface area contributed by atoms with Crippen LogP contribution in [0.2, 0.25) is 0 Å². The smallest absolute Gasteiger partial charge is 1.00 e. The van der Waals surface area contributed by atoms with E-state index in [1.165, 1.54) is 58.8 Å². The normalized spacial score (nSPS) is 12.6. The van der Waals surface area contributed by atoms with E-state index in [0.717, 1.165) is 24.7 Å². The summed E-state index contributed by atoms with van der Waals surface area (Å²) < 4.78 is 5.55. The average molecular weight is 652 g/mol. The largest absolute Gasteiger partial charge is 1.00 e. The average Bonchev–Trinajstić information content (AvgIpc) is 2.99. The molecular formula is C34H45BN6NaOS2+2. The molecule has 3 radical (unpaired) electrons. The Morgan fingerprint density at radius 1 is 0.867 bits per heavy atom. The summed E-state index contributed by atoms with van der Waals surface area (Å²) in [7, 11) is 17.6. The minimum absolute atomic E-state index is 0. The third kappa shape index (κ3) is 9.02. The Bertz CT molecular complexity index is 1790. The minimum Gasteiger partial charge on any atom is -1.00 e. The number of benzene rings is 3. The molecule has 0 aromatic heterocycles. The van der Waals surface area contributed by atoms with Gasteiger partial charge in [0, 0.05) is 88.8 Å². The number of allylic oxidation sites excluding steroid dienone is 3. The molecule has 2 heterocycles. The summed E-state index contributed by atoms with van der Waals surface area (Å²) in [4.78, 5) is 13.1. The molecule has 45 heavy (non-hydrogen) atoms. The van der Waals surface area contributed by atoms with Crippen molar-refractivity contribution in [2.45, 2.75) is 18.2 Å². The van der Waals surface area contributed by atoms with Crippen molar-refractivity contribution in [1.29, 1.82) is 0 Å². The molecule has 2 aromatic rings. The van der Waals surface area contributed by atoms with E-state index >= 15 is 0 Å². The number of nitrogens with one attached hydrogen (secondary N) is 1. The van der Waals surface area contributed by atoms with Crippen molar-refractivity contribution in [1.82, 2.24) is 9.56 Å². The molecule has 2 aliphatic heterocycles. The summed E-state index contributed by atoms with van der Waals surface area (Å²) in [5, 5.41) is 11.8. The van der Waals surface area contributed by atoms with E-state index in [2.05, 4.69) is 148 Å². The van der Waals surface area contributed by atoms with Gasteiger partial charge in [-0.1, -0.05) is 11.8 Å². The van der Waals surface area contributed by atoms with Crippen molar-refractivity contribution in [2.75, 3.05) is 78.6 Å². The van der Waals surface area contributed by atoms with Crippen molar-refractivity contribution in [3.63, 3.8) is 0 Å². The van der Waals surface area contributed by atoms with Crippen LogP contribution in [0.1, 0.15) is 13.4 Å². The van der Waals surface area contributed by atoms with Gasteiger partial charge in [0.15, 0.2) is 5.71 Å². The van der Waals surface area contributed by atoms with Crippen molar-refractivity contribution < 1.29 is 40.7 Å². The SMILES string of the molecule is CN(C)c1ccc2c(c1)SC1=C(C=CC(=[N+](C)C)C1)N2.CO.Cc1cc(N(C)C)cc2sc3cc(=[N+](C)C)ccc-3nc12.[B].[H-].[Na+]. The molecule has 0 amide bonds. The van der Waals surface area contributed by atoms with Gasteiger partial charge in [0.25, 0.3) is 0 Å². The number of hydrogen-bond acceptors (Lipinski definition) is 7. The van der Waals surface area contributed by atoms with Gasteiger partial charge in [0.1, 0.15) is 28.2 Å². The molecule has 7 nitrogen and oxygen atoms in total. The Labute approximate surface area is 302 Å². The van der Waals surface area contributed by atoms with Gasteiger partial charge in [-0.05, 0) is 55.0 Å². The third-order valence-electron chi connectivity index (χ3n) is 7.32. The van der Waals surface area contributed by atoms with Crippen LogP contribution in [0.3, 0.4) is 0 Å².